The van der Waals surface area contributed by atoms with Crippen molar-refractivity contribution in [1.82, 2.24) is 15.5 Å². The molecule has 0 aliphatic carbocycles. The Hall–Kier alpha value is -2.41. The summed E-state index contributed by atoms with van der Waals surface area (Å²) in [5, 5.41) is 9.47. The van der Waals surface area contributed by atoms with Gasteiger partial charge in [0.05, 0.1) is 5.71 Å². The lowest BCUT2D eigenvalue weighted by molar-refractivity contribution is -0.135. The van der Waals surface area contributed by atoms with Crippen molar-refractivity contribution in [2.45, 2.75) is 32.4 Å². The van der Waals surface area contributed by atoms with Gasteiger partial charge in [-0.3, -0.25) is 9.59 Å². The standard InChI is InChI=1S/C18H26N4O3/c1-12-5-7-14(8-6-12)15-11-16(25-21-15)18(24)20-13(2)17(23)19-9-10-22(3)4/h5-8,13,16H,9-11H2,1-4H3,(H,19,23)(H,20,24)/t13-,16-/m1/s1. The van der Waals surface area contributed by atoms with Crippen LogP contribution in [0.3, 0.4) is 0 Å². The molecule has 1 aliphatic heterocycles. The molecule has 0 aromatic heterocycles. The lowest BCUT2D eigenvalue weighted by atomic mass is 10.0. The van der Waals surface area contributed by atoms with Gasteiger partial charge < -0.3 is 20.4 Å². The van der Waals surface area contributed by atoms with E-state index in [1.807, 2.05) is 50.2 Å². The van der Waals surface area contributed by atoms with Crippen LogP contribution in [-0.2, 0) is 14.4 Å². The maximum atomic E-state index is 12.3. The van der Waals surface area contributed by atoms with E-state index in [2.05, 4.69) is 15.8 Å². The molecule has 2 N–H and O–H groups in total. The van der Waals surface area contributed by atoms with Crippen LogP contribution in [0.2, 0.25) is 0 Å². The predicted octanol–water partition coefficient (Wildman–Crippen LogP) is 0.671. The lowest BCUT2D eigenvalue weighted by Gasteiger charge is -2.17. The molecule has 136 valence electrons. The first kappa shape index (κ1) is 18.9. The highest BCUT2D eigenvalue weighted by Gasteiger charge is 2.30. The van der Waals surface area contributed by atoms with E-state index >= 15 is 0 Å². The van der Waals surface area contributed by atoms with E-state index in [0.29, 0.717) is 13.0 Å². The van der Waals surface area contributed by atoms with Gasteiger partial charge in [-0.2, -0.15) is 0 Å². The van der Waals surface area contributed by atoms with Crippen LogP contribution in [0.1, 0.15) is 24.5 Å². The molecular weight excluding hydrogens is 320 g/mol. The van der Waals surface area contributed by atoms with Crippen LogP contribution in [0.15, 0.2) is 29.4 Å². The number of rotatable bonds is 7. The third kappa shape index (κ3) is 5.56. The second-order valence-electron chi connectivity index (χ2n) is 6.53. The molecule has 0 radical (unpaired) electrons. The van der Waals surface area contributed by atoms with Crippen molar-refractivity contribution < 1.29 is 14.4 Å². The summed E-state index contributed by atoms with van der Waals surface area (Å²) < 4.78 is 0. The minimum atomic E-state index is -0.701. The molecule has 25 heavy (non-hydrogen) atoms. The Balaban J connectivity index is 1.80. The number of carbonyl (C=O) groups is 2. The van der Waals surface area contributed by atoms with Crippen LogP contribution in [-0.4, -0.2) is 61.8 Å². The monoisotopic (exact) mass is 346 g/mol. The summed E-state index contributed by atoms with van der Waals surface area (Å²) in [6.45, 7) is 4.94. The Morgan fingerprint density at radius 2 is 2.00 bits per heavy atom. The zero-order valence-corrected chi connectivity index (χ0v) is 15.2. The molecule has 0 saturated heterocycles. The number of benzene rings is 1. The number of nitrogens with one attached hydrogen (secondary N) is 2. The molecule has 0 unspecified atom stereocenters. The zero-order valence-electron chi connectivity index (χ0n) is 15.2. The Morgan fingerprint density at radius 1 is 1.32 bits per heavy atom. The first-order valence-corrected chi connectivity index (χ1v) is 8.39. The van der Waals surface area contributed by atoms with Crippen molar-refractivity contribution in [2.75, 3.05) is 27.2 Å². The number of hydrogen-bond acceptors (Lipinski definition) is 5. The fraction of sp³-hybridized carbons (Fsp3) is 0.500. The van der Waals surface area contributed by atoms with Gasteiger partial charge in [0.15, 0.2) is 0 Å². The van der Waals surface area contributed by atoms with E-state index in [9.17, 15) is 9.59 Å². The van der Waals surface area contributed by atoms with E-state index in [1.165, 1.54) is 0 Å². The molecule has 1 aliphatic rings. The molecule has 0 spiro atoms. The van der Waals surface area contributed by atoms with Crippen molar-refractivity contribution in [1.29, 1.82) is 0 Å². The van der Waals surface area contributed by atoms with Crippen molar-refractivity contribution >= 4 is 17.5 Å². The Bertz CT molecular complexity index is 640. The van der Waals surface area contributed by atoms with Crippen molar-refractivity contribution in [3.05, 3.63) is 35.4 Å². The quantitative estimate of drug-likeness (QED) is 0.760. The van der Waals surface area contributed by atoms with Crippen molar-refractivity contribution in [3.8, 4) is 0 Å². The van der Waals surface area contributed by atoms with E-state index in [-0.39, 0.29) is 11.8 Å². The van der Waals surface area contributed by atoms with E-state index in [4.69, 9.17) is 4.84 Å². The van der Waals surface area contributed by atoms with Gasteiger partial charge in [0.2, 0.25) is 12.0 Å². The molecule has 7 nitrogen and oxygen atoms in total. The van der Waals surface area contributed by atoms with Gasteiger partial charge in [-0.1, -0.05) is 35.0 Å². The third-order valence-electron chi connectivity index (χ3n) is 3.96. The van der Waals surface area contributed by atoms with E-state index < -0.39 is 12.1 Å². The Kier molecular flexibility index (Phi) is 6.52. The lowest BCUT2D eigenvalue weighted by Crippen LogP contribution is -2.49. The number of nitrogens with zero attached hydrogens (tertiary/aromatic N) is 2. The number of carbonyl (C=O) groups excluding carboxylic acids is 2. The van der Waals surface area contributed by atoms with Gasteiger partial charge in [0.1, 0.15) is 6.04 Å². The maximum Gasteiger partial charge on any atom is 0.264 e. The molecule has 0 bridgehead atoms. The summed E-state index contributed by atoms with van der Waals surface area (Å²) in [6.07, 6.45) is -0.308. The van der Waals surface area contributed by atoms with Gasteiger partial charge in [0.25, 0.3) is 5.91 Å². The number of hydrogen-bond donors (Lipinski definition) is 2. The van der Waals surface area contributed by atoms with Gasteiger partial charge in [0, 0.05) is 19.5 Å². The first-order valence-electron chi connectivity index (χ1n) is 8.39. The highest BCUT2D eigenvalue weighted by Crippen LogP contribution is 2.17. The zero-order chi connectivity index (χ0) is 18.4. The average molecular weight is 346 g/mol. The summed E-state index contributed by atoms with van der Waals surface area (Å²) >= 11 is 0. The maximum absolute atomic E-state index is 12.3. The highest BCUT2D eigenvalue weighted by molar-refractivity contribution is 6.04. The van der Waals surface area contributed by atoms with Gasteiger partial charge >= 0.3 is 0 Å². The number of likely N-dealkylation sites (N-methyl/N-ethyl adjacent to an activating group) is 1. The van der Waals surface area contributed by atoms with Gasteiger partial charge in [-0.25, -0.2) is 0 Å². The van der Waals surface area contributed by atoms with Crippen LogP contribution in [0, 0.1) is 6.92 Å². The second kappa shape index (κ2) is 8.62. The molecule has 1 aromatic carbocycles. The Morgan fingerprint density at radius 3 is 2.64 bits per heavy atom. The summed E-state index contributed by atoms with van der Waals surface area (Å²) in [4.78, 5) is 31.5. The smallest absolute Gasteiger partial charge is 0.264 e. The van der Waals surface area contributed by atoms with Gasteiger partial charge in [-0.15, -0.1) is 0 Å². The predicted molar refractivity (Wildman–Crippen MR) is 96.4 cm³/mol. The Labute approximate surface area is 148 Å². The molecule has 1 heterocycles. The molecule has 0 fully saturated rings. The van der Waals surface area contributed by atoms with Crippen molar-refractivity contribution in [3.63, 3.8) is 0 Å². The topological polar surface area (TPSA) is 83.0 Å². The average Bonchev–Trinajstić information content (AvgIpc) is 3.05. The van der Waals surface area contributed by atoms with Crippen LogP contribution in [0.5, 0.6) is 0 Å². The molecule has 2 atom stereocenters. The molecule has 2 rings (SSSR count). The van der Waals surface area contributed by atoms with Crippen molar-refractivity contribution in [2.24, 2.45) is 5.16 Å². The third-order valence-corrected chi connectivity index (χ3v) is 3.96. The van der Waals surface area contributed by atoms with Crippen LogP contribution < -0.4 is 10.6 Å². The molecule has 7 heteroatoms. The summed E-state index contributed by atoms with van der Waals surface area (Å²) in [7, 11) is 3.86. The summed E-state index contributed by atoms with van der Waals surface area (Å²) in [5.74, 6) is -0.547. The second-order valence-corrected chi connectivity index (χ2v) is 6.53. The summed E-state index contributed by atoms with van der Waals surface area (Å²) in [6, 6.07) is 7.27. The van der Waals surface area contributed by atoms with Crippen LogP contribution in [0.25, 0.3) is 0 Å². The normalized spacial score (nSPS) is 17.6. The SMILES string of the molecule is Cc1ccc(C2=NO[C@@H](C(=O)N[C@H](C)C(=O)NCCN(C)C)C2)cc1. The van der Waals surface area contributed by atoms with E-state index in [1.54, 1.807) is 6.92 Å². The fourth-order valence-electron chi connectivity index (χ4n) is 2.36. The summed E-state index contributed by atoms with van der Waals surface area (Å²) in [5.41, 5.74) is 2.84. The molecule has 0 saturated carbocycles. The molecule has 2 amide bonds. The minimum Gasteiger partial charge on any atom is -0.382 e. The first-order chi connectivity index (χ1) is 11.9. The molecule has 1 aromatic rings. The largest absolute Gasteiger partial charge is 0.382 e. The fourth-order valence-corrected chi connectivity index (χ4v) is 2.36. The number of amides is 2. The number of aryl methyl sites for hydroxylation is 1. The van der Waals surface area contributed by atoms with Crippen LogP contribution >= 0.6 is 0 Å². The number of oxime groups is 1. The molecular formula is C18H26N4O3. The minimum absolute atomic E-state index is 0.215. The van der Waals surface area contributed by atoms with Crippen LogP contribution in [0.4, 0.5) is 0 Å². The van der Waals surface area contributed by atoms with Gasteiger partial charge in [-0.05, 0) is 33.5 Å². The highest BCUT2D eigenvalue weighted by atomic mass is 16.6. The van der Waals surface area contributed by atoms with E-state index in [0.717, 1.165) is 23.4 Å².